The zero-order valence-corrected chi connectivity index (χ0v) is 14.4. The van der Waals surface area contributed by atoms with E-state index in [1.54, 1.807) is 6.07 Å². The maximum atomic E-state index is 14.3. The average molecular weight is 379 g/mol. The third-order valence-corrected chi connectivity index (χ3v) is 4.20. The average Bonchev–Trinajstić information content (AvgIpc) is 3.41. The first-order valence-corrected chi connectivity index (χ1v) is 8.46. The molecule has 4 nitrogen and oxygen atoms in total. The van der Waals surface area contributed by atoms with Crippen molar-refractivity contribution in [2.24, 2.45) is 0 Å². The second-order valence-electron chi connectivity index (χ2n) is 6.01. The number of alkyl halides is 2. The van der Waals surface area contributed by atoms with Crippen LogP contribution >= 0.6 is 12.2 Å². The van der Waals surface area contributed by atoms with Crippen LogP contribution in [-0.4, -0.2) is 22.0 Å². The largest absolute Gasteiger partial charge is 0.360 e. The number of thiocarbonyl (C=S) groups is 1. The predicted octanol–water partition coefficient (Wildman–Crippen LogP) is 3.44. The van der Waals surface area contributed by atoms with Crippen LogP contribution in [0.2, 0.25) is 0 Å². The van der Waals surface area contributed by atoms with Crippen molar-refractivity contribution in [3.05, 3.63) is 65.2 Å². The zero-order chi connectivity index (χ0) is 18.7. The van der Waals surface area contributed by atoms with Crippen molar-refractivity contribution >= 4 is 23.2 Å². The number of hydrogen-bond donors (Lipinski definition) is 2. The zero-order valence-electron chi connectivity index (χ0n) is 13.6. The Balaban J connectivity index is 1.93. The summed E-state index contributed by atoms with van der Waals surface area (Å²) in [7, 11) is 0. The molecular weight excluding hydrogens is 363 g/mol. The molecule has 1 amide bonds. The van der Waals surface area contributed by atoms with Crippen LogP contribution in [0.4, 0.5) is 13.2 Å². The third kappa shape index (κ3) is 4.37. The highest BCUT2D eigenvalue weighted by Crippen LogP contribution is 2.28. The number of pyridine rings is 1. The van der Waals surface area contributed by atoms with Gasteiger partial charge in [0.2, 0.25) is 5.91 Å². The smallest absolute Gasteiger partial charge is 0.263 e. The van der Waals surface area contributed by atoms with Gasteiger partial charge in [-0.15, -0.1) is 0 Å². The number of nitrogens with zero attached hydrogens (tertiary/aromatic N) is 1. The van der Waals surface area contributed by atoms with Gasteiger partial charge in [0.25, 0.3) is 6.43 Å². The Morgan fingerprint density at radius 3 is 2.62 bits per heavy atom. The second kappa shape index (κ2) is 7.82. The van der Waals surface area contributed by atoms with Gasteiger partial charge >= 0.3 is 0 Å². The molecule has 1 heterocycles. The number of carbonyl (C=O) groups is 1. The summed E-state index contributed by atoms with van der Waals surface area (Å²) < 4.78 is 40.3. The van der Waals surface area contributed by atoms with E-state index in [0.29, 0.717) is 0 Å². The van der Waals surface area contributed by atoms with Crippen LogP contribution in [0, 0.1) is 5.82 Å². The number of halogens is 3. The van der Waals surface area contributed by atoms with E-state index in [2.05, 4.69) is 15.6 Å². The van der Waals surface area contributed by atoms with E-state index < -0.39 is 24.1 Å². The maximum Gasteiger partial charge on any atom is 0.263 e. The van der Waals surface area contributed by atoms with Gasteiger partial charge in [-0.1, -0.05) is 18.2 Å². The highest BCUT2D eigenvalue weighted by Gasteiger charge is 2.29. The van der Waals surface area contributed by atoms with E-state index in [1.165, 1.54) is 24.4 Å². The summed E-state index contributed by atoms with van der Waals surface area (Å²) in [6, 6.07) is 8.17. The molecule has 1 aliphatic rings. The monoisotopic (exact) mass is 379 g/mol. The van der Waals surface area contributed by atoms with Crippen LogP contribution < -0.4 is 10.6 Å². The minimum atomic E-state index is -2.72. The molecule has 1 fully saturated rings. The van der Waals surface area contributed by atoms with Gasteiger partial charge in [0.15, 0.2) is 5.11 Å². The first kappa shape index (κ1) is 18.3. The van der Waals surface area contributed by atoms with E-state index in [-0.39, 0.29) is 28.0 Å². The Bertz CT molecular complexity index is 827. The van der Waals surface area contributed by atoms with E-state index >= 15 is 0 Å². The molecule has 3 rings (SSSR count). The minimum absolute atomic E-state index is 0.0274. The Labute approximate surface area is 153 Å². The normalized spacial score (nSPS) is 14.8. The van der Waals surface area contributed by atoms with Crippen molar-refractivity contribution < 1.29 is 18.0 Å². The van der Waals surface area contributed by atoms with Crippen molar-refractivity contribution in [1.29, 1.82) is 0 Å². The molecule has 2 aromatic rings. The van der Waals surface area contributed by atoms with Gasteiger partial charge in [-0.2, -0.15) is 0 Å². The lowest BCUT2D eigenvalue weighted by molar-refractivity contribution is -0.120. The molecule has 1 aliphatic carbocycles. The van der Waals surface area contributed by atoms with Crippen molar-refractivity contribution in [2.75, 3.05) is 0 Å². The summed E-state index contributed by atoms with van der Waals surface area (Å²) in [6.45, 7) is 0. The Hall–Kier alpha value is -2.48. The topological polar surface area (TPSA) is 54.0 Å². The molecule has 26 heavy (non-hydrogen) atoms. The Morgan fingerprint density at radius 1 is 1.23 bits per heavy atom. The molecule has 2 N–H and O–H groups in total. The Kier molecular flexibility index (Phi) is 5.51. The molecule has 1 unspecified atom stereocenters. The fourth-order valence-electron chi connectivity index (χ4n) is 2.54. The third-order valence-electron chi connectivity index (χ3n) is 3.98. The first-order valence-electron chi connectivity index (χ1n) is 8.05. The molecule has 1 aromatic heterocycles. The van der Waals surface area contributed by atoms with Crippen LogP contribution in [-0.2, 0) is 4.79 Å². The van der Waals surface area contributed by atoms with Gasteiger partial charge < -0.3 is 10.6 Å². The van der Waals surface area contributed by atoms with Crippen LogP contribution in [0.1, 0.15) is 42.0 Å². The number of carbonyl (C=O) groups excluding carboxylic acids is 1. The fraction of sp³-hybridized carbons (Fsp3) is 0.278. The minimum Gasteiger partial charge on any atom is -0.360 e. The van der Waals surface area contributed by atoms with Gasteiger partial charge in [0, 0.05) is 23.4 Å². The molecule has 8 heteroatoms. The highest BCUT2D eigenvalue weighted by molar-refractivity contribution is 7.80. The van der Waals surface area contributed by atoms with Gasteiger partial charge in [0.05, 0.1) is 5.69 Å². The lowest BCUT2D eigenvalue weighted by atomic mass is 9.93. The molecule has 0 radical (unpaired) electrons. The second-order valence-corrected chi connectivity index (χ2v) is 6.41. The van der Waals surface area contributed by atoms with Crippen molar-refractivity contribution in [1.82, 2.24) is 15.6 Å². The SMILES string of the molecule is O=C(NC(=S)NC1CC1)C(c1cc(C(F)F)ccn1)c1ccccc1F. The number of rotatable bonds is 5. The summed E-state index contributed by atoms with van der Waals surface area (Å²) in [6.07, 6.45) is 0.382. The molecule has 0 spiro atoms. The van der Waals surface area contributed by atoms with Crippen LogP contribution in [0.5, 0.6) is 0 Å². The molecular formula is C18H16F3N3OS. The summed E-state index contributed by atoms with van der Waals surface area (Å²) >= 11 is 5.09. The molecule has 0 aliphatic heterocycles. The lowest BCUT2D eigenvalue weighted by Gasteiger charge is -2.19. The van der Waals surface area contributed by atoms with Crippen molar-refractivity contribution in [3.8, 4) is 0 Å². The summed E-state index contributed by atoms with van der Waals surface area (Å²) in [4.78, 5) is 16.8. The summed E-state index contributed by atoms with van der Waals surface area (Å²) in [5, 5.41) is 5.59. The molecule has 1 saturated carbocycles. The van der Waals surface area contributed by atoms with E-state index in [4.69, 9.17) is 12.2 Å². The number of hydrogen-bond acceptors (Lipinski definition) is 3. The van der Waals surface area contributed by atoms with Gasteiger partial charge in [-0.05, 0) is 43.3 Å². The van der Waals surface area contributed by atoms with E-state index in [0.717, 1.165) is 25.0 Å². The first-order chi connectivity index (χ1) is 12.5. The Morgan fingerprint density at radius 2 is 1.96 bits per heavy atom. The maximum absolute atomic E-state index is 14.3. The highest BCUT2D eigenvalue weighted by atomic mass is 32.1. The number of nitrogens with one attached hydrogen (secondary N) is 2. The van der Waals surface area contributed by atoms with Gasteiger partial charge in [-0.25, -0.2) is 13.2 Å². The molecule has 0 saturated heterocycles. The fourth-order valence-corrected chi connectivity index (χ4v) is 2.80. The van der Waals surface area contributed by atoms with Crippen molar-refractivity contribution in [3.63, 3.8) is 0 Å². The van der Waals surface area contributed by atoms with Crippen LogP contribution in [0.25, 0.3) is 0 Å². The van der Waals surface area contributed by atoms with Gasteiger partial charge in [0.1, 0.15) is 11.7 Å². The summed E-state index contributed by atoms with van der Waals surface area (Å²) in [5.74, 6) is -2.46. The molecule has 1 atom stereocenters. The number of benzene rings is 1. The van der Waals surface area contributed by atoms with Crippen LogP contribution in [0.3, 0.4) is 0 Å². The van der Waals surface area contributed by atoms with Crippen molar-refractivity contribution in [2.45, 2.75) is 31.2 Å². The molecule has 0 bridgehead atoms. The lowest BCUT2D eigenvalue weighted by Crippen LogP contribution is -2.43. The van der Waals surface area contributed by atoms with E-state index in [1.807, 2.05) is 0 Å². The number of aromatic nitrogens is 1. The van der Waals surface area contributed by atoms with E-state index in [9.17, 15) is 18.0 Å². The standard InChI is InChI=1S/C18H16F3N3OS/c19-13-4-2-1-3-12(13)15(14-9-10(16(20)21)7-8-22-14)17(25)24-18(26)23-11-5-6-11/h1-4,7-9,11,15-16H,5-6H2,(H2,23,24,25,26). The number of amides is 1. The quantitative estimate of drug-likeness (QED) is 0.782. The van der Waals surface area contributed by atoms with Crippen LogP contribution in [0.15, 0.2) is 42.6 Å². The molecule has 136 valence electrons. The summed E-state index contributed by atoms with van der Waals surface area (Å²) in [5.41, 5.74) is -0.222. The van der Waals surface area contributed by atoms with Gasteiger partial charge in [-0.3, -0.25) is 9.78 Å². The molecule has 1 aromatic carbocycles. The predicted molar refractivity (Wildman–Crippen MR) is 94.3 cm³/mol.